The van der Waals surface area contributed by atoms with Crippen molar-refractivity contribution in [1.29, 1.82) is 0 Å². The summed E-state index contributed by atoms with van der Waals surface area (Å²) in [6.07, 6.45) is 3.44. The Balaban J connectivity index is 1.87. The van der Waals surface area contributed by atoms with Crippen LogP contribution in [-0.2, 0) is 4.74 Å². The third-order valence-electron chi connectivity index (χ3n) is 3.66. The number of alkyl carbamates (subject to hydrolysis) is 1. The highest BCUT2D eigenvalue weighted by atomic mass is 16.6. The second-order valence-electron chi connectivity index (χ2n) is 6.42. The van der Waals surface area contributed by atoms with Crippen LogP contribution in [0.4, 0.5) is 4.79 Å². The Morgan fingerprint density at radius 1 is 1.38 bits per heavy atom. The van der Waals surface area contributed by atoms with E-state index in [0.29, 0.717) is 0 Å². The Bertz CT molecular complexity index is 300. The zero-order chi connectivity index (χ0) is 12.0. The number of hydrogen-bond donors (Lipinski definition) is 2. The molecule has 3 saturated carbocycles. The molecular weight excluding hydrogens is 206 g/mol. The minimum Gasteiger partial charge on any atom is -0.444 e. The number of aliphatic hydroxyl groups is 1. The van der Waals surface area contributed by atoms with E-state index < -0.39 is 5.60 Å². The number of nitrogens with one attached hydrogen (secondary N) is 1. The molecule has 0 aliphatic heterocycles. The lowest BCUT2D eigenvalue weighted by Crippen LogP contribution is -2.57. The van der Waals surface area contributed by atoms with Gasteiger partial charge in [-0.05, 0) is 51.9 Å². The number of amides is 1. The summed E-state index contributed by atoms with van der Waals surface area (Å²) in [6, 6.07) is 0. The van der Waals surface area contributed by atoms with Gasteiger partial charge in [-0.3, -0.25) is 0 Å². The van der Waals surface area contributed by atoms with Gasteiger partial charge in [0.1, 0.15) is 5.60 Å². The molecule has 3 fully saturated rings. The number of carbonyl (C=O) groups excluding carboxylic acids is 1. The number of carbonyl (C=O) groups is 1. The number of aliphatic hydroxyl groups excluding tert-OH is 1. The molecule has 92 valence electrons. The van der Waals surface area contributed by atoms with Gasteiger partial charge in [-0.25, -0.2) is 4.79 Å². The smallest absolute Gasteiger partial charge is 0.408 e. The van der Waals surface area contributed by atoms with Crippen molar-refractivity contribution in [3.8, 4) is 0 Å². The van der Waals surface area contributed by atoms with Gasteiger partial charge < -0.3 is 15.2 Å². The van der Waals surface area contributed by atoms with E-state index in [1.54, 1.807) is 0 Å². The second kappa shape index (κ2) is 3.36. The van der Waals surface area contributed by atoms with Gasteiger partial charge >= 0.3 is 6.09 Å². The molecule has 0 unspecified atom stereocenters. The van der Waals surface area contributed by atoms with Crippen LogP contribution in [0.5, 0.6) is 0 Å². The molecular formula is C12H21NO3. The summed E-state index contributed by atoms with van der Waals surface area (Å²) in [5.41, 5.74) is -0.447. The maximum absolute atomic E-state index is 11.6. The zero-order valence-corrected chi connectivity index (χ0v) is 10.3. The quantitative estimate of drug-likeness (QED) is 0.756. The van der Waals surface area contributed by atoms with E-state index in [0.717, 1.165) is 25.7 Å². The summed E-state index contributed by atoms with van der Waals surface area (Å²) in [6.45, 7) is 5.82. The fourth-order valence-corrected chi connectivity index (χ4v) is 3.10. The van der Waals surface area contributed by atoms with Crippen LogP contribution in [0.2, 0.25) is 0 Å². The molecule has 0 radical (unpaired) electrons. The SMILES string of the molecule is CC(C)(C)OC(=O)NC12CCC(CO)(C1)C2. The number of ether oxygens (including phenoxy) is 1. The van der Waals surface area contributed by atoms with Crippen molar-refractivity contribution in [3.05, 3.63) is 0 Å². The molecule has 3 aliphatic carbocycles. The molecule has 16 heavy (non-hydrogen) atoms. The zero-order valence-electron chi connectivity index (χ0n) is 10.3. The number of fused-ring (bicyclic) bond motifs is 1. The molecule has 2 bridgehead atoms. The summed E-state index contributed by atoms with van der Waals surface area (Å²) in [4.78, 5) is 11.6. The summed E-state index contributed by atoms with van der Waals surface area (Å²) < 4.78 is 5.24. The Kier molecular flexibility index (Phi) is 2.46. The lowest BCUT2D eigenvalue weighted by atomic mass is 9.65. The average molecular weight is 227 g/mol. The summed E-state index contributed by atoms with van der Waals surface area (Å²) >= 11 is 0. The van der Waals surface area contributed by atoms with Crippen molar-refractivity contribution in [2.24, 2.45) is 5.41 Å². The highest BCUT2D eigenvalue weighted by Gasteiger charge is 2.61. The third kappa shape index (κ3) is 2.03. The normalized spacial score (nSPS) is 36.8. The van der Waals surface area contributed by atoms with E-state index in [1.807, 2.05) is 20.8 Å². The van der Waals surface area contributed by atoms with Crippen LogP contribution in [0.1, 0.15) is 46.5 Å². The fraction of sp³-hybridized carbons (Fsp3) is 0.917. The molecule has 0 aromatic heterocycles. The van der Waals surface area contributed by atoms with Crippen molar-refractivity contribution >= 4 is 6.09 Å². The van der Waals surface area contributed by atoms with Gasteiger partial charge in [0.15, 0.2) is 0 Å². The summed E-state index contributed by atoms with van der Waals surface area (Å²) in [5, 5.41) is 12.2. The molecule has 4 heteroatoms. The van der Waals surface area contributed by atoms with Gasteiger partial charge in [0, 0.05) is 12.1 Å². The van der Waals surface area contributed by atoms with Crippen molar-refractivity contribution in [3.63, 3.8) is 0 Å². The first-order chi connectivity index (χ1) is 7.28. The van der Waals surface area contributed by atoms with Gasteiger partial charge in [-0.1, -0.05) is 0 Å². The van der Waals surface area contributed by atoms with Crippen LogP contribution in [0.15, 0.2) is 0 Å². The van der Waals surface area contributed by atoms with E-state index >= 15 is 0 Å². The third-order valence-corrected chi connectivity index (χ3v) is 3.66. The predicted molar refractivity (Wildman–Crippen MR) is 60.1 cm³/mol. The molecule has 0 saturated heterocycles. The van der Waals surface area contributed by atoms with Gasteiger partial charge in [0.2, 0.25) is 0 Å². The fourth-order valence-electron chi connectivity index (χ4n) is 3.10. The predicted octanol–water partition coefficient (Wildman–Crippen LogP) is 1.82. The van der Waals surface area contributed by atoms with Crippen LogP contribution in [0.25, 0.3) is 0 Å². The number of rotatable bonds is 2. The Hall–Kier alpha value is -0.770. The van der Waals surface area contributed by atoms with E-state index in [9.17, 15) is 9.90 Å². The standard InChI is InChI=1S/C12H21NO3/c1-10(2,3)16-9(15)13-12-5-4-11(6-12,7-12)8-14/h14H,4-8H2,1-3H3,(H,13,15). The molecule has 0 heterocycles. The van der Waals surface area contributed by atoms with Crippen LogP contribution in [0.3, 0.4) is 0 Å². The van der Waals surface area contributed by atoms with Crippen molar-refractivity contribution in [1.82, 2.24) is 5.32 Å². The summed E-state index contributed by atoms with van der Waals surface area (Å²) in [7, 11) is 0. The molecule has 3 rings (SSSR count). The van der Waals surface area contributed by atoms with E-state index in [2.05, 4.69) is 5.32 Å². The first kappa shape index (κ1) is 11.7. The van der Waals surface area contributed by atoms with Gasteiger partial charge in [-0.15, -0.1) is 0 Å². The highest BCUT2D eigenvalue weighted by Crippen LogP contribution is 2.61. The maximum atomic E-state index is 11.6. The molecule has 0 aromatic rings. The molecule has 0 aromatic carbocycles. The van der Waals surface area contributed by atoms with Gasteiger partial charge in [-0.2, -0.15) is 0 Å². The van der Waals surface area contributed by atoms with Crippen molar-refractivity contribution < 1.29 is 14.6 Å². The Morgan fingerprint density at radius 2 is 2.00 bits per heavy atom. The highest BCUT2D eigenvalue weighted by molar-refractivity contribution is 5.69. The van der Waals surface area contributed by atoms with Gasteiger partial charge in [0.25, 0.3) is 0 Å². The van der Waals surface area contributed by atoms with E-state index in [-0.39, 0.29) is 23.7 Å². The average Bonchev–Trinajstić information content (AvgIpc) is 2.55. The molecule has 2 N–H and O–H groups in total. The van der Waals surface area contributed by atoms with Crippen LogP contribution < -0.4 is 5.32 Å². The van der Waals surface area contributed by atoms with Crippen molar-refractivity contribution in [2.45, 2.75) is 57.6 Å². The first-order valence-corrected chi connectivity index (χ1v) is 5.90. The molecule has 0 spiro atoms. The monoisotopic (exact) mass is 227 g/mol. The Labute approximate surface area is 96.4 Å². The largest absolute Gasteiger partial charge is 0.444 e. The van der Waals surface area contributed by atoms with E-state index in [1.165, 1.54) is 0 Å². The van der Waals surface area contributed by atoms with Gasteiger partial charge in [0.05, 0.1) is 0 Å². The maximum Gasteiger partial charge on any atom is 0.408 e. The van der Waals surface area contributed by atoms with E-state index in [4.69, 9.17) is 4.74 Å². The minimum absolute atomic E-state index is 0.0922. The minimum atomic E-state index is -0.447. The topological polar surface area (TPSA) is 58.6 Å². The lowest BCUT2D eigenvalue weighted by molar-refractivity contribution is 0.00628. The van der Waals surface area contributed by atoms with Crippen molar-refractivity contribution in [2.75, 3.05) is 6.61 Å². The van der Waals surface area contributed by atoms with Crippen LogP contribution >= 0.6 is 0 Å². The molecule has 3 aliphatic rings. The van der Waals surface area contributed by atoms with Crippen LogP contribution in [0, 0.1) is 5.41 Å². The lowest BCUT2D eigenvalue weighted by Gasteiger charge is -2.46. The van der Waals surface area contributed by atoms with Crippen LogP contribution in [-0.4, -0.2) is 28.9 Å². The number of hydrogen-bond acceptors (Lipinski definition) is 3. The summed E-state index contributed by atoms with van der Waals surface area (Å²) in [5.74, 6) is 0. The molecule has 0 atom stereocenters. The molecule has 4 nitrogen and oxygen atoms in total. The second-order valence-corrected chi connectivity index (χ2v) is 6.42. The Morgan fingerprint density at radius 3 is 2.44 bits per heavy atom. The first-order valence-electron chi connectivity index (χ1n) is 5.90. The molecule has 1 amide bonds.